The maximum absolute atomic E-state index is 13.0. The van der Waals surface area contributed by atoms with Crippen LogP contribution in [-0.4, -0.2) is 25.7 Å². The molecule has 4 aromatic rings. The molecule has 1 amide bonds. The van der Waals surface area contributed by atoms with Crippen LogP contribution in [0.25, 0.3) is 10.9 Å². The lowest BCUT2D eigenvalue weighted by Gasteiger charge is -2.10. The first-order valence-electron chi connectivity index (χ1n) is 10.5. The van der Waals surface area contributed by atoms with E-state index in [1.807, 2.05) is 29.9 Å². The second kappa shape index (κ2) is 8.37. The van der Waals surface area contributed by atoms with Crippen molar-refractivity contribution in [1.29, 1.82) is 0 Å². The number of carbonyl (C=O) groups is 1. The minimum absolute atomic E-state index is 0.0220. The van der Waals surface area contributed by atoms with Crippen LogP contribution in [0, 0.1) is 18.7 Å². The highest BCUT2D eigenvalue weighted by Crippen LogP contribution is 2.31. The summed E-state index contributed by atoms with van der Waals surface area (Å²) >= 11 is 0. The SMILES string of the molecule is Cc1cc(Cn2cc3c(NC(=O)C4CC4)nccc3n2)cnc1OCc1ccc(F)cc1. The molecule has 3 aromatic heterocycles. The maximum Gasteiger partial charge on any atom is 0.228 e. The van der Waals surface area contributed by atoms with Gasteiger partial charge in [-0.25, -0.2) is 14.4 Å². The number of hydrogen-bond donors (Lipinski definition) is 1. The Balaban J connectivity index is 1.28. The molecule has 5 rings (SSSR count). The molecule has 1 N–H and O–H groups in total. The molecule has 3 heterocycles. The zero-order valence-electron chi connectivity index (χ0n) is 17.6. The molecule has 0 bridgehead atoms. The van der Waals surface area contributed by atoms with Crippen molar-refractivity contribution in [2.45, 2.75) is 32.9 Å². The highest BCUT2D eigenvalue weighted by molar-refractivity contribution is 6.00. The van der Waals surface area contributed by atoms with Gasteiger partial charge in [-0.15, -0.1) is 0 Å². The van der Waals surface area contributed by atoms with Crippen molar-refractivity contribution in [3.05, 3.63) is 77.5 Å². The van der Waals surface area contributed by atoms with Crippen LogP contribution in [0.15, 0.2) is 55.0 Å². The lowest BCUT2D eigenvalue weighted by atomic mass is 10.2. The first-order valence-corrected chi connectivity index (χ1v) is 10.5. The van der Waals surface area contributed by atoms with Crippen LogP contribution >= 0.6 is 0 Å². The predicted molar refractivity (Wildman–Crippen MR) is 118 cm³/mol. The summed E-state index contributed by atoms with van der Waals surface area (Å²) in [7, 11) is 0. The standard InChI is InChI=1S/C24H22FN5O2/c1-15-10-17(11-27-24(15)32-14-16-2-6-19(25)7-3-16)12-30-13-20-21(29-30)8-9-26-22(20)28-23(31)18-4-5-18/h2-3,6-11,13,18H,4-5,12,14H2,1H3,(H,26,28,31). The number of aryl methyl sites for hydroxylation is 1. The van der Waals surface area contributed by atoms with Crippen molar-refractivity contribution < 1.29 is 13.9 Å². The van der Waals surface area contributed by atoms with Crippen LogP contribution in [0.5, 0.6) is 5.88 Å². The largest absolute Gasteiger partial charge is 0.473 e. The number of pyridine rings is 2. The number of benzene rings is 1. The number of aromatic nitrogens is 4. The lowest BCUT2D eigenvalue weighted by Crippen LogP contribution is -2.14. The van der Waals surface area contributed by atoms with Crippen molar-refractivity contribution in [2.24, 2.45) is 5.92 Å². The molecular weight excluding hydrogens is 409 g/mol. The number of nitrogens with zero attached hydrogens (tertiary/aromatic N) is 4. The Labute approximate surface area is 184 Å². The molecule has 1 aliphatic carbocycles. The topological polar surface area (TPSA) is 81.9 Å². The van der Waals surface area contributed by atoms with Gasteiger partial charge in [0.2, 0.25) is 11.8 Å². The molecule has 0 aliphatic heterocycles. The predicted octanol–water partition coefficient (Wildman–Crippen LogP) is 4.25. The van der Waals surface area contributed by atoms with Crippen LogP contribution in [0.2, 0.25) is 0 Å². The quantitative estimate of drug-likeness (QED) is 0.473. The Bertz CT molecular complexity index is 1280. The second-order valence-corrected chi connectivity index (χ2v) is 8.06. The summed E-state index contributed by atoms with van der Waals surface area (Å²) < 4.78 is 20.6. The number of ether oxygens (including phenoxy) is 1. The number of halogens is 1. The summed E-state index contributed by atoms with van der Waals surface area (Å²) in [6.45, 7) is 2.78. The first-order chi connectivity index (χ1) is 15.5. The van der Waals surface area contributed by atoms with E-state index in [0.29, 0.717) is 24.8 Å². The van der Waals surface area contributed by atoms with Gasteiger partial charge in [-0.2, -0.15) is 5.10 Å². The normalized spacial score (nSPS) is 13.3. The molecule has 0 saturated heterocycles. The third-order valence-corrected chi connectivity index (χ3v) is 5.39. The van der Waals surface area contributed by atoms with Gasteiger partial charge in [0.15, 0.2) is 0 Å². The summed E-state index contributed by atoms with van der Waals surface area (Å²) in [5.74, 6) is 0.947. The number of anilines is 1. The van der Waals surface area contributed by atoms with Crippen LogP contribution < -0.4 is 10.1 Å². The van der Waals surface area contributed by atoms with E-state index in [1.54, 1.807) is 24.5 Å². The number of amides is 1. The van der Waals surface area contributed by atoms with E-state index in [9.17, 15) is 9.18 Å². The van der Waals surface area contributed by atoms with E-state index in [2.05, 4.69) is 20.4 Å². The molecule has 1 aliphatic rings. The average Bonchev–Trinajstić information content (AvgIpc) is 3.55. The van der Waals surface area contributed by atoms with Crippen LogP contribution in [0.4, 0.5) is 10.2 Å². The minimum Gasteiger partial charge on any atom is -0.473 e. The fourth-order valence-corrected chi connectivity index (χ4v) is 3.52. The van der Waals surface area contributed by atoms with E-state index >= 15 is 0 Å². The van der Waals surface area contributed by atoms with E-state index in [-0.39, 0.29) is 17.6 Å². The van der Waals surface area contributed by atoms with E-state index in [4.69, 9.17) is 4.74 Å². The fraction of sp³-hybridized carbons (Fsp3) is 0.250. The van der Waals surface area contributed by atoms with Crippen molar-refractivity contribution in [2.75, 3.05) is 5.32 Å². The highest BCUT2D eigenvalue weighted by Gasteiger charge is 2.30. The van der Waals surface area contributed by atoms with Crippen LogP contribution in [0.3, 0.4) is 0 Å². The van der Waals surface area contributed by atoms with E-state index < -0.39 is 0 Å². The van der Waals surface area contributed by atoms with Gasteiger partial charge in [0.1, 0.15) is 18.2 Å². The number of nitrogens with one attached hydrogen (secondary N) is 1. The van der Waals surface area contributed by atoms with Gasteiger partial charge < -0.3 is 10.1 Å². The fourth-order valence-electron chi connectivity index (χ4n) is 3.52. The Morgan fingerprint density at radius 3 is 2.75 bits per heavy atom. The van der Waals surface area contributed by atoms with Gasteiger partial charge >= 0.3 is 0 Å². The van der Waals surface area contributed by atoms with Crippen LogP contribution in [0.1, 0.15) is 29.5 Å². The van der Waals surface area contributed by atoms with Crippen molar-refractivity contribution >= 4 is 22.6 Å². The molecule has 7 nitrogen and oxygen atoms in total. The van der Waals surface area contributed by atoms with Gasteiger partial charge in [0.25, 0.3) is 0 Å². The summed E-state index contributed by atoms with van der Waals surface area (Å²) in [6.07, 6.45) is 7.18. The van der Waals surface area contributed by atoms with Gasteiger partial charge in [-0.1, -0.05) is 12.1 Å². The van der Waals surface area contributed by atoms with Gasteiger partial charge in [-0.3, -0.25) is 9.48 Å². The molecular formula is C24H22FN5O2. The Hall–Kier alpha value is -3.81. The summed E-state index contributed by atoms with van der Waals surface area (Å²) in [5.41, 5.74) is 3.52. The van der Waals surface area contributed by atoms with E-state index in [1.165, 1.54) is 12.1 Å². The molecule has 32 heavy (non-hydrogen) atoms. The van der Waals surface area contributed by atoms with Crippen molar-refractivity contribution in [3.8, 4) is 5.88 Å². The van der Waals surface area contributed by atoms with Crippen LogP contribution in [-0.2, 0) is 17.9 Å². The van der Waals surface area contributed by atoms with Gasteiger partial charge in [0, 0.05) is 30.1 Å². The minimum atomic E-state index is -0.271. The zero-order valence-corrected chi connectivity index (χ0v) is 17.6. The third kappa shape index (κ3) is 4.44. The Kier molecular flexibility index (Phi) is 5.26. The molecule has 1 fully saturated rings. The Morgan fingerprint density at radius 1 is 1.19 bits per heavy atom. The highest BCUT2D eigenvalue weighted by atomic mass is 19.1. The average molecular weight is 431 g/mol. The maximum atomic E-state index is 13.0. The monoisotopic (exact) mass is 431 g/mol. The van der Waals surface area contributed by atoms with E-state index in [0.717, 1.165) is 40.4 Å². The second-order valence-electron chi connectivity index (χ2n) is 8.06. The molecule has 1 aromatic carbocycles. The van der Waals surface area contributed by atoms with Gasteiger partial charge in [0.05, 0.1) is 17.4 Å². The molecule has 0 spiro atoms. The zero-order chi connectivity index (χ0) is 22.1. The molecule has 0 unspecified atom stereocenters. The summed E-state index contributed by atoms with van der Waals surface area (Å²) in [5, 5.41) is 8.34. The van der Waals surface area contributed by atoms with Crippen molar-refractivity contribution in [3.63, 3.8) is 0 Å². The third-order valence-electron chi connectivity index (χ3n) is 5.39. The molecule has 162 valence electrons. The lowest BCUT2D eigenvalue weighted by molar-refractivity contribution is -0.117. The molecule has 0 atom stereocenters. The summed E-state index contributed by atoms with van der Waals surface area (Å²) in [6, 6.07) is 10.0. The first kappa shape index (κ1) is 20.1. The molecule has 0 radical (unpaired) electrons. The molecule has 8 heteroatoms. The Morgan fingerprint density at radius 2 is 2.00 bits per heavy atom. The molecule has 1 saturated carbocycles. The smallest absolute Gasteiger partial charge is 0.228 e. The number of hydrogen-bond acceptors (Lipinski definition) is 5. The van der Waals surface area contributed by atoms with Crippen molar-refractivity contribution in [1.82, 2.24) is 19.7 Å². The number of fused-ring (bicyclic) bond motifs is 1. The number of carbonyl (C=O) groups excluding carboxylic acids is 1. The van der Waals surface area contributed by atoms with Gasteiger partial charge in [-0.05, 0) is 55.2 Å². The number of rotatable bonds is 7. The summed E-state index contributed by atoms with van der Waals surface area (Å²) in [4.78, 5) is 20.9.